The van der Waals surface area contributed by atoms with E-state index in [1.165, 1.54) is 5.56 Å². The molecule has 0 aliphatic carbocycles. The number of carbonyl (C=O) groups is 3. The van der Waals surface area contributed by atoms with Crippen molar-refractivity contribution in [2.24, 2.45) is 0 Å². The van der Waals surface area contributed by atoms with Gasteiger partial charge in [0.2, 0.25) is 0 Å². The number of aldehydes is 2. The maximum absolute atomic E-state index is 13.0. The Labute approximate surface area is 196 Å². The highest BCUT2D eigenvalue weighted by Gasteiger charge is 2.34. The lowest BCUT2D eigenvalue weighted by Gasteiger charge is -2.37. The van der Waals surface area contributed by atoms with Crippen LogP contribution in [0.5, 0.6) is 0 Å². The van der Waals surface area contributed by atoms with Gasteiger partial charge in [-0.1, -0.05) is 43.7 Å². The zero-order valence-corrected chi connectivity index (χ0v) is 19.4. The van der Waals surface area contributed by atoms with Crippen LogP contribution >= 0.6 is 0 Å². The quantitative estimate of drug-likeness (QED) is 0.521. The predicted octanol–water partition coefficient (Wildman–Crippen LogP) is 3.58. The van der Waals surface area contributed by atoms with Gasteiger partial charge in [-0.3, -0.25) is 14.5 Å². The number of benzene rings is 2. The molecule has 0 bridgehead atoms. The number of rotatable bonds is 10. The number of piperazine rings is 1. The van der Waals surface area contributed by atoms with E-state index in [0.29, 0.717) is 13.0 Å². The van der Waals surface area contributed by atoms with Crippen molar-refractivity contribution < 1.29 is 14.4 Å². The Hall–Kier alpha value is -2.99. The van der Waals surface area contributed by atoms with Crippen LogP contribution in [0, 0.1) is 0 Å². The first-order valence-corrected chi connectivity index (χ1v) is 12.0. The van der Waals surface area contributed by atoms with Crippen LogP contribution in [0.15, 0.2) is 42.5 Å². The van der Waals surface area contributed by atoms with E-state index in [4.69, 9.17) is 0 Å². The molecule has 2 heterocycles. The maximum Gasteiger partial charge on any atom is 0.255 e. The standard InChI is InChI=1S/C27H33N3O3/c1-2-5-23(20-32)30-18-25-24(27(30)33)7-3-8-26(25)29-16-14-28(15-17-29)13-4-6-21-9-11-22(19-31)12-10-21/h3,7-12,19-20,23H,2,4-6,13-18H2,1H3. The molecule has 0 N–H and O–H groups in total. The second kappa shape index (κ2) is 10.8. The molecule has 4 rings (SSSR count). The van der Waals surface area contributed by atoms with Crippen molar-refractivity contribution in [3.8, 4) is 0 Å². The Kier molecular flexibility index (Phi) is 7.55. The zero-order chi connectivity index (χ0) is 23.2. The van der Waals surface area contributed by atoms with Crippen LogP contribution in [0.4, 0.5) is 5.69 Å². The van der Waals surface area contributed by atoms with Crippen LogP contribution in [0.25, 0.3) is 0 Å². The maximum atomic E-state index is 13.0. The summed E-state index contributed by atoms with van der Waals surface area (Å²) in [6.45, 7) is 7.49. The molecule has 33 heavy (non-hydrogen) atoms. The third kappa shape index (κ3) is 5.17. The fourth-order valence-corrected chi connectivity index (χ4v) is 4.98. The van der Waals surface area contributed by atoms with Gasteiger partial charge in [0.05, 0.1) is 6.04 Å². The van der Waals surface area contributed by atoms with E-state index >= 15 is 0 Å². The van der Waals surface area contributed by atoms with Crippen molar-refractivity contribution >= 4 is 24.2 Å². The molecule has 1 fully saturated rings. The van der Waals surface area contributed by atoms with Crippen molar-refractivity contribution in [2.75, 3.05) is 37.6 Å². The van der Waals surface area contributed by atoms with E-state index in [1.807, 2.05) is 43.3 Å². The molecule has 0 aromatic heterocycles. The molecule has 174 valence electrons. The van der Waals surface area contributed by atoms with Crippen molar-refractivity contribution in [1.29, 1.82) is 0 Å². The van der Waals surface area contributed by atoms with E-state index < -0.39 is 0 Å². The summed E-state index contributed by atoms with van der Waals surface area (Å²) < 4.78 is 0. The normalized spacial score (nSPS) is 17.2. The number of carbonyl (C=O) groups excluding carboxylic acids is 3. The third-order valence-corrected chi connectivity index (χ3v) is 6.88. The molecule has 6 nitrogen and oxygen atoms in total. The summed E-state index contributed by atoms with van der Waals surface area (Å²) >= 11 is 0. The minimum Gasteiger partial charge on any atom is -0.369 e. The molecule has 2 aliphatic rings. The Morgan fingerprint density at radius 1 is 1.00 bits per heavy atom. The minimum atomic E-state index is -0.339. The molecule has 0 saturated carbocycles. The highest BCUT2D eigenvalue weighted by molar-refractivity contribution is 6.01. The van der Waals surface area contributed by atoms with Crippen LogP contribution in [0.3, 0.4) is 0 Å². The number of anilines is 1. The smallest absolute Gasteiger partial charge is 0.255 e. The average molecular weight is 448 g/mol. The van der Waals surface area contributed by atoms with Crippen LogP contribution in [-0.2, 0) is 17.8 Å². The van der Waals surface area contributed by atoms with Gasteiger partial charge in [0.15, 0.2) is 0 Å². The van der Waals surface area contributed by atoms with Gasteiger partial charge >= 0.3 is 0 Å². The lowest BCUT2D eigenvalue weighted by molar-refractivity contribution is -0.112. The van der Waals surface area contributed by atoms with E-state index in [1.54, 1.807) is 4.90 Å². The molecule has 2 aromatic carbocycles. The summed E-state index contributed by atoms with van der Waals surface area (Å²) in [6, 6.07) is 13.5. The summed E-state index contributed by atoms with van der Waals surface area (Å²) in [5.41, 5.74) is 4.94. The molecule has 1 amide bonds. The number of hydrogen-bond acceptors (Lipinski definition) is 5. The fourth-order valence-electron chi connectivity index (χ4n) is 4.98. The van der Waals surface area contributed by atoms with Gasteiger partial charge in [0.1, 0.15) is 12.6 Å². The third-order valence-electron chi connectivity index (χ3n) is 6.88. The highest BCUT2D eigenvalue weighted by Crippen LogP contribution is 2.33. The Morgan fingerprint density at radius 3 is 2.42 bits per heavy atom. The van der Waals surface area contributed by atoms with Gasteiger partial charge in [-0.05, 0) is 43.5 Å². The SMILES string of the molecule is CCCC(C=O)N1Cc2c(cccc2N2CCN(CCCc3ccc(C=O)cc3)CC2)C1=O. The van der Waals surface area contributed by atoms with Crippen LogP contribution in [0.1, 0.15) is 58.0 Å². The fraction of sp³-hybridized carbons (Fsp3) is 0.444. The molecule has 2 aromatic rings. The topological polar surface area (TPSA) is 60.9 Å². The number of amides is 1. The van der Waals surface area contributed by atoms with Gasteiger partial charge in [-0.15, -0.1) is 0 Å². The first-order valence-electron chi connectivity index (χ1n) is 12.0. The summed E-state index contributed by atoms with van der Waals surface area (Å²) in [6.07, 6.45) is 5.49. The number of hydrogen-bond donors (Lipinski definition) is 0. The summed E-state index contributed by atoms with van der Waals surface area (Å²) in [5, 5.41) is 0. The Bertz CT molecular complexity index is 981. The van der Waals surface area contributed by atoms with Crippen molar-refractivity contribution in [3.63, 3.8) is 0 Å². The number of fused-ring (bicyclic) bond motifs is 1. The van der Waals surface area contributed by atoms with Crippen molar-refractivity contribution in [1.82, 2.24) is 9.80 Å². The molecule has 0 radical (unpaired) electrons. The van der Waals surface area contributed by atoms with E-state index in [9.17, 15) is 14.4 Å². The van der Waals surface area contributed by atoms with E-state index in [-0.39, 0.29) is 11.9 Å². The second-order valence-electron chi connectivity index (χ2n) is 9.02. The van der Waals surface area contributed by atoms with Gasteiger partial charge in [-0.2, -0.15) is 0 Å². The predicted molar refractivity (Wildman–Crippen MR) is 130 cm³/mol. The molecule has 6 heteroatoms. The van der Waals surface area contributed by atoms with Crippen LogP contribution in [-0.4, -0.2) is 67.0 Å². The second-order valence-corrected chi connectivity index (χ2v) is 9.02. The molecule has 2 aliphatic heterocycles. The van der Waals surface area contributed by atoms with E-state index in [2.05, 4.69) is 15.9 Å². The van der Waals surface area contributed by atoms with E-state index in [0.717, 1.165) is 86.9 Å². The van der Waals surface area contributed by atoms with Gasteiger partial charge in [0.25, 0.3) is 5.91 Å². The van der Waals surface area contributed by atoms with Gasteiger partial charge in [-0.25, -0.2) is 0 Å². The van der Waals surface area contributed by atoms with Gasteiger partial charge < -0.3 is 14.6 Å². The number of nitrogens with zero attached hydrogens (tertiary/aromatic N) is 3. The summed E-state index contributed by atoms with van der Waals surface area (Å²) in [7, 11) is 0. The lowest BCUT2D eigenvalue weighted by Crippen LogP contribution is -2.47. The van der Waals surface area contributed by atoms with Crippen LogP contribution < -0.4 is 4.90 Å². The summed E-state index contributed by atoms with van der Waals surface area (Å²) in [5.74, 6) is -0.0165. The Morgan fingerprint density at radius 2 is 1.76 bits per heavy atom. The van der Waals surface area contributed by atoms with Crippen molar-refractivity contribution in [3.05, 3.63) is 64.7 Å². The van der Waals surface area contributed by atoms with Crippen molar-refractivity contribution in [2.45, 2.75) is 45.2 Å². The zero-order valence-electron chi connectivity index (χ0n) is 19.4. The molecular weight excluding hydrogens is 414 g/mol. The highest BCUT2D eigenvalue weighted by atomic mass is 16.2. The van der Waals surface area contributed by atoms with Crippen LogP contribution in [0.2, 0.25) is 0 Å². The Balaban J connectivity index is 1.32. The molecule has 1 unspecified atom stereocenters. The summed E-state index contributed by atoms with van der Waals surface area (Å²) in [4.78, 5) is 42.0. The first-order chi connectivity index (χ1) is 16.1. The molecule has 1 atom stereocenters. The van der Waals surface area contributed by atoms with Gasteiger partial charge in [0, 0.05) is 55.1 Å². The molecular formula is C27H33N3O3. The number of aryl methyl sites for hydroxylation is 1. The lowest BCUT2D eigenvalue weighted by atomic mass is 10.1. The largest absolute Gasteiger partial charge is 0.369 e. The average Bonchev–Trinajstić information content (AvgIpc) is 3.20. The monoisotopic (exact) mass is 447 g/mol. The first kappa shape index (κ1) is 23.2. The minimum absolute atomic E-state index is 0.0165. The molecule has 1 saturated heterocycles. The molecule has 0 spiro atoms.